The molecule has 0 unspecified atom stereocenters. The number of ether oxygens (including phenoxy) is 5. The number of carbonyl (C=O) groups excluding carboxylic acids is 4. The minimum absolute atomic E-state index is 0.0855. The van der Waals surface area contributed by atoms with Crippen molar-refractivity contribution >= 4 is 23.8 Å². The van der Waals surface area contributed by atoms with Gasteiger partial charge in [0.05, 0.1) is 6.10 Å². The predicted molar refractivity (Wildman–Crippen MR) is 102 cm³/mol. The van der Waals surface area contributed by atoms with Crippen LogP contribution in [0.3, 0.4) is 0 Å². The molecule has 30 heavy (non-hydrogen) atoms. The Kier molecular flexibility index (Phi) is 9.04. The number of rotatable bonds is 7. The summed E-state index contributed by atoms with van der Waals surface area (Å²) in [6.45, 7) is 4.73. The topological polar surface area (TPSA) is 126 Å². The van der Waals surface area contributed by atoms with Gasteiger partial charge in [0, 0.05) is 27.7 Å². The number of carbonyl (C=O) groups is 4. The van der Waals surface area contributed by atoms with Crippen molar-refractivity contribution in [3.8, 4) is 0 Å². The lowest BCUT2D eigenvalue weighted by atomic mass is 9.94. The maximum absolute atomic E-state index is 11.9. The van der Waals surface area contributed by atoms with Gasteiger partial charge in [0.15, 0.2) is 18.5 Å². The molecule has 0 aromatic heterocycles. The summed E-state index contributed by atoms with van der Waals surface area (Å²) in [6, 6.07) is -0.911. The molecule has 2 rings (SSSR count). The van der Waals surface area contributed by atoms with Gasteiger partial charge in [0.1, 0.15) is 18.8 Å². The highest BCUT2D eigenvalue weighted by molar-refractivity contribution is 5.73. The number of nitrogens with one attached hydrogen (secondary N) is 1. The summed E-state index contributed by atoms with van der Waals surface area (Å²) in [5.74, 6) is -2.20. The molecule has 1 saturated heterocycles. The molecular formula is C20H31NO9. The van der Waals surface area contributed by atoms with Crippen LogP contribution < -0.4 is 5.32 Å². The van der Waals surface area contributed by atoms with E-state index < -0.39 is 54.5 Å². The van der Waals surface area contributed by atoms with Crippen LogP contribution in [0.4, 0.5) is 0 Å². The summed E-state index contributed by atoms with van der Waals surface area (Å²) < 4.78 is 28.0. The van der Waals surface area contributed by atoms with Gasteiger partial charge in [-0.3, -0.25) is 19.2 Å². The zero-order chi connectivity index (χ0) is 22.3. The van der Waals surface area contributed by atoms with E-state index in [0.717, 1.165) is 32.1 Å². The third kappa shape index (κ3) is 7.24. The number of amides is 1. The minimum atomic E-state index is -1.10. The number of esters is 3. The molecule has 2 aliphatic rings. The van der Waals surface area contributed by atoms with E-state index in [1.165, 1.54) is 27.7 Å². The van der Waals surface area contributed by atoms with Crippen LogP contribution in [0.15, 0.2) is 0 Å². The lowest BCUT2D eigenvalue weighted by Crippen LogP contribution is -2.67. The highest BCUT2D eigenvalue weighted by Gasteiger charge is 2.51. The van der Waals surface area contributed by atoms with Crippen molar-refractivity contribution in [1.82, 2.24) is 5.32 Å². The predicted octanol–water partition coefficient (Wildman–Crippen LogP) is 0.992. The summed E-state index contributed by atoms with van der Waals surface area (Å²) >= 11 is 0. The average molecular weight is 429 g/mol. The Morgan fingerprint density at radius 1 is 0.867 bits per heavy atom. The SMILES string of the molecule is CC(=O)N[C@@H]1[C@@H](OC2CCCCC2)O[C@@H](COC(C)=O)[C@H](OC(C)=O)[C@H]1OC(C)=O. The third-order valence-electron chi connectivity index (χ3n) is 4.95. The largest absolute Gasteiger partial charge is 0.463 e. The Labute approximate surface area is 175 Å². The van der Waals surface area contributed by atoms with Crippen molar-refractivity contribution in [2.24, 2.45) is 0 Å². The molecule has 1 aliphatic carbocycles. The maximum Gasteiger partial charge on any atom is 0.303 e. The summed E-state index contributed by atoms with van der Waals surface area (Å²) in [5.41, 5.74) is 0. The fourth-order valence-electron chi connectivity index (χ4n) is 3.80. The smallest absolute Gasteiger partial charge is 0.303 e. The summed E-state index contributed by atoms with van der Waals surface area (Å²) in [6.07, 6.45) is 0.643. The van der Waals surface area contributed by atoms with Crippen LogP contribution in [-0.4, -0.2) is 67.2 Å². The molecule has 1 aliphatic heterocycles. The Hall–Kier alpha value is -2.20. The molecule has 0 aromatic carbocycles. The van der Waals surface area contributed by atoms with Gasteiger partial charge in [-0.05, 0) is 12.8 Å². The number of hydrogen-bond acceptors (Lipinski definition) is 9. The van der Waals surface area contributed by atoms with Gasteiger partial charge in [0.25, 0.3) is 0 Å². The van der Waals surface area contributed by atoms with Crippen LogP contribution in [0, 0.1) is 0 Å². The van der Waals surface area contributed by atoms with Gasteiger partial charge in [-0.15, -0.1) is 0 Å². The zero-order valence-electron chi connectivity index (χ0n) is 17.9. The first-order valence-corrected chi connectivity index (χ1v) is 10.2. The molecule has 1 saturated carbocycles. The molecule has 10 heteroatoms. The third-order valence-corrected chi connectivity index (χ3v) is 4.95. The maximum atomic E-state index is 11.9. The normalized spacial score (nSPS) is 29.5. The van der Waals surface area contributed by atoms with Crippen LogP contribution in [0.1, 0.15) is 59.8 Å². The van der Waals surface area contributed by atoms with Crippen LogP contribution in [-0.2, 0) is 42.9 Å². The Balaban J connectivity index is 2.34. The number of hydrogen-bond donors (Lipinski definition) is 1. The highest BCUT2D eigenvalue weighted by Crippen LogP contribution is 2.31. The second-order valence-electron chi connectivity index (χ2n) is 7.62. The van der Waals surface area contributed by atoms with Crippen molar-refractivity contribution in [1.29, 1.82) is 0 Å². The molecule has 170 valence electrons. The first-order valence-electron chi connectivity index (χ1n) is 10.2. The van der Waals surface area contributed by atoms with E-state index in [9.17, 15) is 19.2 Å². The van der Waals surface area contributed by atoms with Gasteiger partial charge in [-0.1, -0.05) is 19.3 Å². The van der Waals surface area contributed by atoms with E-state index in [2.05, 4.69) is 5.32 Å². The summed E-state index contributed by atoms with van der Waals surface area (Å²) in [4.78, 5) is 46.7. The molecule has 1 heterocycles. The van der Waals surface area contributed by atoms with Crippen molar-refractivity contribution < 1.29 is 42.9 Å². The van der Waals surface area contributed by atoms with Crippen LogP contribution in [0.2, 0.25) is 0 Å². The minimum Gasteiger partial charge on any atom is -0.463 e. The standard InChI is InChI=1S/C20H31NO9/c1-11(22)21-17-19(28-14(4)25)18(27-13(3)24)16(10-26-12(2)23)30-20(17)29-15-8-6-5-7-9-15/h15-20H,5-10H2,1-4H3,(H,21,22)/t16-,17-,18-,19-,20-/m0/s1. The summed E-state index contributed by atoms with van der Waals surface area (Å²) in [5, 5.41) is 2.70. The van der Waals surface area contributed by atoms with Crippen LogP contribution in [0.25, 0.3) is 0 Å². The highest BCUT2D eigenvalue weighted by atomic mass is 16.7. The van der Waals surface area contributed by atoms with Crippen molar-refractivity contribution in [3.05, 3.63) is 0 Å². The molecule has 5 atom stereocenters. The molecule has 0 radical (unpaired) electrons. The van der Waals surface area contributed by atoms with E-state index in [1.807, 2.05) is 0 Å². The van der Waals surface area contributed by atoms with E-state index >= 15 is 0 Å². The van der Waals surface area contributed by atoms with E-state index in [1.54, 1.807) is 0 Å². The van der Waals surface area contributed by atoms with Crippen LogP contribution >= 0.6 is 0 Å². The molecule has 1 N–H and O–H groups in total. The van der Waals surface area contributed by atoms with Gasteiger partial charge in [0.2, 0.25) is 5.91 Å². The van der Waals surface area contributed by atoms with Crippen molar-refractivity contribution in [2.45, 2.75) is 96.5 Å². The van der Waals surface area contributed by atoms with Gasteiger partial charge >= 0.3 is 17.9 Å². The molecule has 0 bridgehead atoms. The zero-order valence-corrected chi connectivity index (χ0v) is 17.9. The van der Waals surface area contributed by atoms with E-state index in [0.29, 0.717) is 0 Å². The van der Waals surface area contributed by atoms with Gasteiger partial charge < -0.3 is 29.0 Å². The Bertz CT molecular complexity index is 632. The molecule has 0 spiro atoms. The average Bonchev–Trinajstić information content (AvgIpc) is 2.64. The summed E-state index contributed by atoms with van der Waals surface area (Å²) in [7, 11) is 0. The Morgan fingerprint density at radius 3 is 2.00 bits per heavy atom. The van der Waals surface area contributed by atoms with Gasteiger partial charge in [-0.25, -0.2) is 0 Å². The van der Waals surface area contributed by atoms with Crippen LogP contribution in [0.5, 0.6) is 0 Å². The lowest BCUT2D eigenvalue weighted by Gasteiger charge is -2.46. The molecule has 1 amide bonds. The monoisotopic (exact) mass is 429 g/mol. The quantitative estimate of drug-likeness (QED) is 0.466. The van der Waals surface area contributed by atoms with E-state index in [-0.39, 0.29) is 12.7 Å². The first kappa shape index (κ1) is 24.1. The fourth-order valence-corrected chi connectivity index (χ4v) is 3.80. The first-order chi connectivity index (χ1) is 14.2. The van der Waals surface area contributed by atoms with E-state index in [4.69, 9.17) is 23.7 Å². The molecule has 10 nitrogen and oxygen atoms in total. The fraction of sp³-hybridized carbons (Fsp3) is 0.800. The second-order valence-corrected chi connectivity index (χ2v) is 7.62. The van der Waals surface area contributed by atoms with Crippen molar-refractivity contribution in [3.63, 3.8) is 0 Å². The van der Waals surface area contributed by atoms with Crippen molar-refractivity contribution in [2.75, 3.05) is 6.61 Å². The van der Waals surface area contributed by atoms with Gasteiger partial charge in [-0.2, -0.15) is 0 Å². The molecular weight excluding hydrogens is 398 g/mol. The molecule has 2 fully saturated rings. The molecule has 0 aromatic rings. The second kappa shape index (κ2) is 11.3. The Morgan fingerprint density at radius 2 is 1.47 bits per heavy atom. The lowest BCUT2D eigenvalue weighted by molar-refractivity contribution is -0.289.